The molecule has 0 fully saturated rings. The van der Waals surface area contributed by atoms with Crippen LogP contribution in [-0.4, -0.2) is 47.4 Å². The largest absolute Gasteiger partial charge is 0.466 e. The van der Waals surface area contributed by atoms with Crippen LogP contribution in [-0.2, 0) is 14.3 Å². The minimum Gasteiger partial charge on any atom is -0.466 e. The van der Waals surface area contributed by atoms with Crippen LogP contribution in [0.25, 0.3) is 0 Å². The van der Waals surface area contributed by atoms with Crippen molar-refractivity contribution in [3.8, 4) is 0 Å². The van der Waals surface area contributed by atoms with Gasteiger partial charge in [0.05, 0.1) is 25.4 Å². The van der Waals surface area contributed by atoms with E-state index >= 15 is 0 Å². The highest BCUT2D eigenvalue weighted by molar-refractivity contribution is 5.76. The van der Waals surface area contributed by atoms with Gasteiger partial charge in [-0.25, -0.2) is 0 Å². The fraction of sp³-hybridized carbons (Fsp3) is 0.944. The molecule has 0 spiro atoms. The molecule has 3 N–H and O–H groups in total. The standard InChI is InChI=1S/C71H139NO5/c1-3-5-7-9-11-13-15-17-18-19-31-34-37-40-43-47-51-55-59-63-69(74)68(67-73)72-70(75)64-60-56-52-48-44-41-38-35-32-29-27-25-23-21-20-22-24-26-28-30-33-36-39-42-46-50-54-58-62-66-77-71(76)65-61-57-53-49-45-16-14-12-10-8-6-4-2/h59,63,68-69,73-74H,3-58,60-62,64-67H2,1-2H3,(H,72,75)/b63-59+. The maximum absolute atomic E-state index is 12.5. The number of hydrogen-bond donors (Lipinski definition) is 3. The van der Waals surface area contributed by atoms with Gasteiger partial charge in [0.15, 0.2) is 0 Å². The Bertz CT molecular complexity index is 1160. The number of esters is 1. The molecule has 2 unspecified atom stereocenters. The second-order valence-electron chi connectivity index (χ2n) is 24.6. The molecule has 0 aromatic heterocycles. The summed E-state index contributed by atoms with van der Waals surface area (Å²) in [7, 11) is 0. The third-order valence-electron chi connectivity index (χ3n) is 16.8. The summed E-state index contributed by atoms with van der Waals surface area (Å²) in [5.74, 6) is -0.0395. The molecular formula is C71H139NO5. The normalized spacial score (nSPS) is 12.5. The van der Waals surface area contributed by atoms with Gasteiger partial charge in [-0.15, -0.1) is 0 Å². The molecular weight excluding hydrogens is 947 g/mol. The highest BCUT2D eigenvalue weighted by atomic mass is 16.5. The molecule has 0 aliphatic carbocycles. The highest BCUT2D eigenvalue weighted by Crippen LogP contribution is 2.19. The lowest BCUT2D eigenvalue weighted by molar-refractivity contribution is -0.143. The van der Waals surface area contributed by atoms with Gasteiger partial charge in [-0.2, -0.15) is 0 Å². The van der Waals surface area contributed by atoms with Crippen molar-refractivity contribution in [2.75, 3.05) is 13.2 Å². The molecule has 0 rings (SSSR count). The van der Waals surface area contributed by atoms with E-state index in [9.17, 15) is 19.8 Å². The SMILES string of the molecule is CCCCCCCCCCCCCCCCCCC/C=C/C(O)C(CO)NC(=O)CCCCCCCCCCCCCCCCCCCCCCCCCCCCCCCOC(=O)CCCCCCCCCCCCCC. The van der Waals surface area contributed by atoms with Crippen molar-refractivity contribution in [2.24, 2.45) is 0 Å². The van der Waals surface area contributed by atoms with Crippen LogP contribution in [0, 0.1) is 0 Å². The summed E-state index contributed by atoms with van der Waals surface area (Å²) in [6, 6.07) is -0.625. The maximum atomic E-state index is 12.5. The van der Waals surface area contributed by atoms with E-state index in [1.165, 1.54) is 340 Å². The van der Waals surface area contributed by atoms with E-state index in [0.29, 0.717) is 19.4 Å². The number of unbranched alkanes of at least 4 members (excludes halogenated alkanes) is 56. The second-order valence-corrected chi connectivity index (χ2v) is 24.6. The van der Waals surface area contributed by atoms with E-state index in [2.05, 4.69) is 19.2 Å². The fourth-order valence-electron chi connectivity index (χ4n) is 11.4. The Morgan fingerprint density at radius 2 is 0.597 bits per heavy atom. The molecule has 0 heterocycles. The van der Waals surface area contributed by atoms with Crippen LogP contribution in [0.1, 0.15) is 406 Å². The van der Waals surface area contributed by atoms with Crippen LogP contribution in [0.2, 0.25) is 0 Å². The second kappa shape index (κ2) is 67.1. The molecule has 0 aliphatic rings. The Labute approximate surface area is 482 Å². The number of amides is 1. The molecule has 1 amide bonds. The molecule has 0 bridgehead atoms. The summed E-state index contributed by atoms with van der Waals surface area (Å²) in [6.07, 6.45) is 83.0. The van der Waals surface area contributed by atoms with Gasteiger partial charge in [-0.3, -0.25) is 9.59 Å². The molecule has 0 saturated heterocycles. The minimum atomic E-state index is -0.842. The first-order chi connectivity index (χ1) is 38.0. The van der Waals surface area contributed by atoms with Gasteiger partial charge in [0.1, 0.15) is 0 Å². The van der Waals surface area contributed by atoms with E-state index in [1.807, 2.05) is 6.08 Å². The lowest BCUT2D eigenvalue weighted by Crippen LogP contribution is -2.45. The number of rotatable bonds is 67. The van der Waals surface area contributed by atoms with E-state index < -0.39 is 12.1 Å². The summed E-state index contributed by atoms with van der Waals surface area (Å²) < 4.78 is 5.48. The number of allylic oxidation sites excluding steroid dienone is 1. The van der Waals surface area contributed by atoms with Gasteiger partial charge in [-0.05, 0) is 32.1 Å². The quantitative estimate of drug-likeness (QED) is 0.0320. The number of nitrogens with one attached hydrogen (secondary N) is 1. The predicted octanol–water partition coefficient (Wildman–Crippen LogP) is 22.8. The lowest BCUT2D eigenvalue weighted by atomic mass is 10.0. The van der Waals surface area contributed by atoms with Crippen molar-refractivity contribution in [2.45, 2.75) is 418 Å². The van der Waals surface area contributed by atoms with Gasteiger partial charge in [0, 0.05) is 12.8 Å². The molecule has 0 saturated carbocycles. The molecule has 458 valence electrons. The van der Waals surface area contributed by atoms with Crippen molar-refractivity contribution in [3.63, 3.8) is 0 Å². The Morgan fingerprint density at radius 1 is 0.351 bits per heavy atom. The van der Waals surface area contributed by atoms with Crippen LogP contribution in [0.4, 0.5) is 0 Å². The van der Waals surface area contributed by atoms with E-state index in [1.54, 1.807) is 6.08 Å². The predicted molar refractivity (Wildman–Crippen MR) is 338 cm³/mol. The van der Waals surface area contributed by atoms with Crippen LogP contribution in [0.15, 0.2) is 12.2 Å². The molecule has 0 aromatic rings. The Kier molecular flexibility index (Phi) is 65.9. The summed E-state index contributed by atoms with van der Waals surface area (Å²) in [5, 5.41) is 23.2. The first-order valence-electron chi connectivity index (χ1n) is 35.5. The number of aliphatic hydroxyl groups is 2. The van der Waals surface area contributed by atoms with E-state index in [0.717, 1.165) is 38.5 Å². The van der Waals surface area contributed by atoms with Crippen molar-refractivity contribution < 1.29 is 24.5 Å². The van der Waals surface area contributed by atoms with Crippen LogP contribution in [0.3, 0.4) is 0 Å². The highest BCUT2D eigenvalue weighted by Gasteiger charge is 2.18. The molecule has 0 aromatic carbocycles. The number of aliphatic hydroxyl groups excluding tert-OH is 2. The van der Waals surface area contributed by atoms with Crippen LogP contribution < -0.4 is 5.32 Å². The topological polar surface area (TPSA) is 95.9 Å². The summed E-state index contributed by atoms with van der Waals surface area (Å²) >= 11 is 0. The average Bonchev–Trinajstić information content (AvgIpc) is 3.43. The third kappa shape index (κ3) is 63.6. The van der Waals surface area contributed by atoms with Gasteiger partial charge in [0.2, 0.25) is 5.91 Å². The zero-order valence-electron chi connectivity index (χ0n) is 52.5. The zero-order valence-corrected chi connectivity index (χ0v) is 52.5. The molecule has 0 radical (unpaired) electrons. The monoisotopic (exact) mass is 1090 g/mol. The number of hydrogen-bond acceptors (Lipinski definition) is 5. The maximum Gasteiger partial charge on any atom is 0.305 e. The van der Waals surface area contributed by atoms with E-state index in [-0.39, 0.29) is 18.5 Å². The Morgan fingerprint density at radius 3 is 0.883 bits per heavy atom. The van der Waals surface area contributed by atoms with Gasteiger partial charge < -0.3 is 20.3 Å². The molecule has 6 heteroatoms. The molecule has 0 aliphatic heterocycles. The minimum absolute atomic E-state index is 0.0207. The fourth-order valence-corrected chi connectivity index (χ4v) is 11.4. The van der Waals surface area contributed by atoms with Crippen LogP contribution in [0.5, 0.6) is 0 Å². The number of ether oxygens (including phenoxy) is 1. The van der Waals surface area contributed by atoms with Crippen molar-refractivity contribution in [1.29, 1.82) is 0 Å². The van der Waals surface area contributed by atoms with Crippen molar-refractivity contribution in [3.05, 3.63) is 12.2 Å². The van der Waals surface area contributed by atoms with Gasteiger partial charge in [0.25, 0.3) is 0 Å². The molecule has 2 atom stereocenters. The van der Waals surface area contributed by atoms with Gasteiger partial charge >= 0.3 is 5.97 Å². The molecule has 77 heavy (non-hydrogen) atoms. The smallest absolute Gasteiger partial charge is 0.305 e. The number of carbonyl (C=O) groups excluding carboxylic acids is 2. The lowest BCUT2D eigenvalue weighted by Gasteiger charge is -2.20. The number of carbonyl (C=O) groups is 2. The summed E-state index contributed by atoms with van der Waals surface area (Å²) in [6.45, 7) is 4.95. The van der Waals surface area contributed by atoms with Crippen molar-refractivity contribution in [1.82, 2.24) is 5.32 Å². The summed E-state index contributed by atoms with van der Waals surface area (Å²) in [5.41, 5.74) is 0. The first-order valence-corrected chi connectivity index (χ1v) is 35.5. The summed E-state index contributed by atoms with van der Waals surface area (Å²) in [4.78, 5) is 24.5. The Hall–Kier alpha value is -1.40. The first kappa shape index (κ1) is 75.6. The average molecular weight is 1090 g/mol. The molecule has 6 nitrogen and oxygen atoms in total. The van der Waals surface area contributed by atoms with Crippen molar-refractivity contribution >= 4 is 11.9 Å². The third-order valence-corrected chi connectivity index (χ3v) is 16.8. The van der Waals surface area contributed by atoms with Crippen LogP contribution >= 0.6 is 0 Å². The van der Waals surface area contributed by atoms with Gasteiger partial charge in [-0.1, -0.05) is 373 Å². The zero-order chi connectivity index (χ0) is 55.7. The Balaban J connectivity index is 3.36. The van der Waals surface area contributed by atoms with E-state index in [4.69, 9.17) is 4.74 Å².